The van der Waals surface area contributed by atoms with Gasteiger partial charge in [-0.15, -0.1) is 48.6 Å². The van der Waals surface area contributed by atoms with Gasteiger partial charge in [-0.2, -0.15) is 0 Å². The van der Waals surface area contributed by atoms with Gasteiger partial charge in [0.1, 0.15) is 0 Å². The zero-order valence-electron chi connectivity index (χ0n) is 20.5. The van der Waals surface area contributed by atoms with Gasteiger partial charge in [0.15, 0.2) is 0 Å². The molecule has 2 aromatic heterocycles. The normalized spacial score (nSPS) is 16.1. The predicted molar refractivity (Wildman–Crippen MR) is 154 cm³/mol. The molecule has 0 spiro atoms. The second-order valence-corrected chi connectivity index (χ2v) is 9.64. The van der Waals surface area contributed by atoms with Crippen molar-refractivity contribution in [1.29, 1.82) is 0 Å². The SMILES string of the molecule is CNC(=O)c1cccc2sc(-c3nc(NCCCN4CCN(C)C[C@H]4C)ncc3C)cc12.Cl.Cl.Cl. The molecule has 194 valence electrons. The maximum absolute atomic E-state index is 12.2. The largest absolute Gasteiger partial charge is 0.355 e. The maximum Gasteiger partial charge on any atom is 0.251 e. The number of nitrogens with one attached hydrogen (secondary N) is 2. The van der Waals surface area contributed by atoms with E-state index in [4.69, 9.17) is 4.98 Å². The molecule has 0 bridgehead atoms. The fourth-order valence-electron chi connectivity index (χ4n) is 4.28. The van der Waals surface area contributed by atoms with Crippen LogP contribution in [-0.2, 0) is 0 Å². The molecule has 0 radical (unpaired) electrons. The van der Waals surface area contributed by atoms with E-state index in [0.717, 1.165) is 65.4 Å². The highest BCUT2D eigenvalue weighted by Crippen LogP contribution is 2.35. The molecule has 2 N–H and O–H groups in total. The molecule has 0 aliphatic carbocycles. The van der Waals surface area contributed by atoms with E-state index >= 15 is 0 Å². The summed E-state index contributed by atoms with van der Waals surface area (Å²) in [6.45, 7) is 9.66. The molecule has 1 amide bonds. The number of hydrogen-bond acceptors (Lipinski definition) is 7. The number of hydrogen-bond donors (Lipinski definition) is 2. The third-order valence-electron chi connectivity index (χ3n) is 6.11. The van der Waals surface area contributed by atoms with Crippen molar-refractivity contribution in [3.63, 3.8) is 0 Å². The van der Waals surface area contributed by atoms with Crippen LogP contribution < -0.4 is 10.6 Å². The molecule has 11 heteroatoms. The van der Waals surface area contributed by atoms with Crippen LogP contribution in [0.4, 0.5) is 5.95 Å². The van der Waals surface area contributed by atoms with Gasteiger partial charge in [0.25, 0.3) is 5.91 Å². The molecule has 1 fully saturated rings. The average Bonchev–Trinajstić information content (AvgIpc) is 3.22. The minimum atomic E-state index is -0.0728. The standard InChI is InChI=1S/C24H32N6OS.3ClH/c1-16-14-27-24(26-9-6-10-30-12-11-29(4)15-17(30)2)28-22(16)21-13-19-18(23(31)25-3)7-5-8-20(19)32-21;;;/h5,7-8,13-14,17H,6,9-12,15H2,1-4H3,(H,25,31)(H,26,27,28);3*1H/t17-;;;/m1.../s1. The Morgan fingerprint density at radius 1 is 1.23 bits per heavy atom. The molecule has 1 atom stereocenters. The van der Waals surface area contributed by atoms with E-state index < -0.39 is 0 Å². The van der Waals surface area contributed by atoms with Crippen molar-refractivity contribution in [2.45, 2.75) is 26.3 Å². The molecule has 3 heterocycles. The van der Waals surface area contributed by atoms with Crippen molar-refractivity contribution in [3.8, 4) is 10.6 Å². The van der Waals surface area contributed by atoms with Crippen LogP contribution in [0.25, 0.3) is 20.7 Å². The van der Waals surface area contributed by atoms with Crippen LogP contribution in [0, 0.1) is 6.92 Å². The lowest BCUT2D eigenvalue weighted by Gasteiger charge is -2.38. The number of fused-ring (bicyclic) bond motifs is 1. The summed E-state index contributed by atoms with van der Waals surface area (Å²) >= 11 is 1.65. The number of amides is 1. The van der Waals surface area contributed by atoms with E-state index in [1.165, 1.54) is 0 Å². The maximum atomic E-state index is 12.2. The molecule has 1 aliphatic rings. The van der Waals surface area contributed by atoms with Gasteiger partial charge in [-0.3, -0.25) is 9.69 Å². The highest BCUT2D eigenvalue weighted by molar-refractivity contribution is 7.22. The van der Waals surface area contributed by atoms with E-state index in [9.17, 15) is 4.79 Å². The molecule has 3 aromatic rings. The molecule has 1 aliphatic heterocycles. The summed E-state index contributed by atoms with van der Waals surface area (Å²) in [4.78, 5) is 27.5. The quantitative estimate of drug-likeness (QED) is 0.406. The van der Waals surface area contributed by atoms with Crippen LogP contribution in [0.3, 0.4) is 0 Å². The number of carbonyl (C=O) groups is 1. The zero-order valence-corrected chi connectivity index (χ0v) is 23.8. The van der Waals surface area contributed by atoms with E-state index in [1.807, 2.05) is 31.3 Å². The summed E-state index contributed by atoms with van der Waals surface area (Å²) in [5.41, 5.74) is 2.63. The molecule has 0 saturated carbocycles. The number of anilines is 1. The van der Waals surface area contributed by atoms with Crippen molar-refractivity contribution in [2.24, 2.45) is 0 Å². The first-order valence-corrected chi connectivity index (χ1v) is 12.0. The fourth-order valence-corrected chi connectivity index (χ4v) is 5.42. The van der Waals surface area contributed by atoms with Crippen molar-refractivity contribution >= 4 is 70.5 Å². The number of nitrogens with zero attached hydrogens (tertiary/aromatic N) is 4. The second kappa shape index (κ2) is 14.2. The molecule has 0 unspecified atom stereocenters. The number of carbonyl (C=O) groups excluding carboxylic acids is 1. The van der Waals surface area contributed by atoms with Crippen LogP contribution >= 0.6 is 48.6 Å². The summed E-state index contributed by atoms with van der Waals surface area (Å²) in [7, 11) is 3.85. The Morgan fingerprint density at radius 2 is 2.00 bits per heavy atom. The number of halogens is 3. The molecule has 35 heavy (non-hydrogen) atoms. The summed E-state index contributed by atoms with van der Waals surface area (Å²) in [6, 6.07) is 8.50. The first-order valence-electron chi connectivity index (χ1n) is 11.2. The first-order chi connectivity index (χ1) is 15.5. The van der Waals surface area contributed by atoms with Gasteiger partial charge < -0.3 is 15.5 Å². The Balaban J connectivity index is 0.00000204. The van der Waals surface area contributed by atoms with E-state index in [1.54, 1.807) is 18.4 Å². The molecular weight excluding hydrogens is 527 g/mol. The molecular formula is C24H35Cl3N6OS. The van der Waals surface area contributed by atoms with Crippen LogP contribution in [0.15, 0.2) is 30.5 Å². The lowest BCUT2D eigenvalue weighted by Crippen LogP contribution is -2.50. The van der Waals surface area contributed by atoms with Gasteiger partial charge >= 0.3 is 0 Å². The number of piperazine rings is 1. The van der Waals surface area contributed by atoms with Gasteiger partial charge in [-0.05, 0) is 51.1 Å². The Kier molecular flexibility index (Phi) is 12.7. The number of rotatable bonds is 7. The van der Waals surface area contributed by atoms with Gasteiger partial charge in [-0.25, -0.2) is 9.97 Å². The number of aryl methyl sites for hydroxylation is 1. The average molecular weight is 562 g/mol. The van der Waals surface area contributed by atoms with Crippen molar-refractivity contribution in [2.75, 3.05) is 52.1 Å². The molecule has 1 saturated heterocycles. The monoisotopic (exact) mass is 560 g/mol. The van der Waals surface area contributed by atoms with Crippen molar-refractivity contribution in [3.05, 3.63) is 41.6 Å². The predicted octanol–water partition coefficient (Wildman–Crippen LogP) is 4.73. The van der Waals surface area contributed by atoms with Crippen LogP contribution in [0.2, 0.25) is 0 Å². The lowest BCUT2D eigenvalue weighted by molar-refractivity contribution is 0.0964. The molecule has 4 rings (SSSR count). The van der Waals surface area contributed by atoms with E-state index in [0.29, 0.717) is 17.6 Å². The van der Waals surface area contributed by atoms with Gasteiger partial charge in [0.2, 0.25) is 5.95 Å². The zero-order chi connectivity index (χ0) is 22.7. The van der Waals surface area contributed by atoms with E-state index in [-0.39, 0.29) is 43.1 Å². The highest BCUT2D eigenvalue weighted by atomic mass is 35.5. The topological polar surface area (TPSA) is 73.4 Å². The van der Waals surface area contributed by atoms with E-state index in [2.05, 4.69) is 45.5 Å². The Morgan fingerprint density at radius 3 is 2.71 bits per heavy atom. The third kappa shape index (κ3) is 7.41. The summed E-state index contributed by atoms with van der Waals surface area (Å²) in [5, 5.41) is 7.08. The summed E-state index contributed by atoms with van der Waals surface area (Å²) in [5.74, 6) is 0.581. The highest BCUT2D eigenvalue weighted by Gasteiger charge is 2.20. The summed E-state index contributed by atoms with van der Waals surface area (Å²) < 4.78 is 1.08. The molecule has 1 aromatic carbocycles. The Bertz CT molecular complexity index is 1110. The van der Waals surface area contributed by atoms with Gasteiger partial charge in [0, 0.05) is 67.7 Å². The van der Waals surface area contributed by atoms with Gasteiger partial charge in [-0.1, -0.05) is 6.07 Å². The lowest BCUT2D eigenvalue weighted by atomic mass is 10.1. The summed E-state index contributed by atoms with van der Waals surface area (Å²) in [6.07, 6.45) is 2.93. The minimum absolute atomic E-state index is 0. The third-order valence-corrected chi connectivity index (χ3v) is 7.22. The number of thiophene rings is 1. The minimum Gasteiger partial charge on any atom is -0.355 e. The number of benzene rings is 1. The smallest absolute Gasteiger partial charge is 0.251 e. The van der Waals surface area contributed by atoms with Crippen molar-refractivity contribution < 1.29 is 4.79 Å². The van der Waals surface area contributed by atoms with Crippen LogP contribution in [-0.4, -0.2) is 78.5 Å². The first kappa shape index (κ1) is 31.4. The Labute approximate surface area is 230 Å². The number of aromatic nitrogens is 2. The van der Waals surface area contributed by atoms with Crippen LogP contribution in [0.5, 0.6) is 0 Å². The van der Waals surface area contributed by atoms with Crippen molar-refractivity contribution in [1.82, 2.24) is 25.1 Å². The Hall–Kier alpha value is -1.68. The van der Waals surface area contributed by atoms with Gasteiger partial charge in [0.05, 0.1) is 10.6 Å². The van der Waals surface area contributed by atoms with Crippen LogP contribution in [0.1, 0.15) is 29.3 Å². The fraction of sp³-hybridized carbons (Fsp3) is 0.458. The molecule has 7 nitrogen and oxygen atoms in total. The number of likely N-dealkylation sites (N-methyl/N-ethyl adjacent to an activating group) is 1. The second-order valence-electron chi connectivity index (χ2n) is 8.56.